The van der Waals surface area contributed by atoms with E-state index >= 15 is 0 Å². The maximum atomic E-state index is 2.18. The average Bonchev–Trinajstić information content (AvgIpc) is 2.16. The molecular weight excluding hydrogens is 462 g/mol. The predicted octanol–water partition coefficient (Wildman–Crippen LogP) is -6.85. The molecule has 0 aliphatic heterocycles. The number of rotatable bonds is 3. The molecule has 0 saturated heterocycles. The van der Waals surface area contributed by atoms with Gasteiger partial charge in [-0.05, 0) is 20.8 Å². The van der Waals surface area contributed by atoms with Gasteiger partial charge in [0.2, 0.25) is 0 Å². The third-order valence-corrected chi connectivity index (χ3v) is 2.85. The topological polar surface area (TPSA) is 0 Å². The summed E-state index contributed by atoms with van der Waals surface area (Å²) >= 11 is 0. The second kappa shape index (κ2) is 17.7. The Balaban J connectivity index is -0.0000000375. The maximum absolute atomic E-state index is 2.18. The lowest BCUT2D eigenvalue weighted by atomic mass is 10.6. The maximum Gasteiger partial charge on any atom is 0.0751 e. The first-order valence-electron chi connectivity index (χ1n) is 7.09. The molecule has 0 atom stereocenters. The van der Waals surface area contributed by atoms with E-state index in [9.17, 15) is 0 Å². The highest BCUT2D eigenvalue weighted by molar-refractivity contribution is 4.07. The molecule has 0 aliphatic rings. The molecule has 0 bridgehead atoms. The largest absolute Gasteiger partial charge is 1.00 e. The van der Waals surface area contributed by atoms with E-state index in [0.717, 1.165) is 13.4 Å². The first-order chi connectivity index (χ1) is 7.68. The highest BCUT2D eigenvalue weighted by Crippen LogP contribution is 1.84. The van der Waals surface area contributed by atoms with Crippen LogP contribution in [-0.4, -0.2) is 96.5 Å². The quantitative estimate of drug-likeness (QED) is 0.336. The van der Waals surface area contributed by atoms with Crippen molar-refractivity contribution >= 4 is 0 Å². The van der Waals surface area contributed by atoms with Crippen molar-refractivity contribution in [2.45, 2.75) is 20.8 Å². The molecule has 0 fully saturated rings. The van der Waals surface area contributed by atoms with Crippen molar-refractivity contribution in [1.82, 2.24) is 0 Å². The predicted molar refractivity (Wildman–Crippen MR) is 85.7 cm³/mol. The Morgan fingerprint density at radius 3 is 0.429 bits per heavy atom. The molecule has 6 heteroatoms. The third kappa shape index (κ3) is 74.7. The minimum atomic E-state index is 0. The lowest BCUT2D eigenvalue weighted by Crippen LogP contribution is -3.00. The summed E-state index contributed by atoms with van der Waals surface area (Å²) in [5.74, 6) is 0. The van der Waals surface area contributed by atoms with E-state index in [1.807, 2.05) is 0 Å². The summed E-state index contributed by atoms with van der Waals surface area (Å²) in [6, 6.07) is 0. The van der Waals surface area contributed by atoms with Gasteiger partial charge in [0.15, 0.2) is 0 Å². The van der Waals surface area contributed by atoms with Crippen LogP contribution in [0.1, 0.15) is 20.8 Å². The summed E-state index contributed by atoms with van der Waals surface area (Å²) in [5.41, 5.74) is 0. The van der Waals surface area contributed by atoms with Gasteiger partial charge in [-0.25, -0.2) is 0 Å². The van der Waals surface area contributed by atoms with Crippen molar-refractivity contribution < 1.29 is 64.4 Å². The van der Waals surface area contributed by atoms with E-state index in [0.29, 0.717) is 0 Å². The van der Waals surface area contributed by atoms with Crippen LogP contribution < -0.4 is 50.9 Å². The summed E-state index contributed by atoms with van der Waals surface area (Å²) in [4.78, 5) is 0. The third-order valence-electron chi connectivity index (χ3n) is 2.85. The molecule has 0 aromatic carbocycles. The minimum Gasteiger partial charge on any atom is -1.00 e. The fourth-order valence-corrected chi connectivity index (χ4v) is 0. The molecule has 3 nitrogen and oxygen atoms in total. The normalized spacial score (nSPS) is 10.3. The standard InChI is InChI=1S/3C5H14N.3BrH/c3*1-5-6(2,3)4;;;/h3*5H2,1-4H3;3*1H/q3*+1;;;/p-3. The van der Waals surface area contributed by atoms with Crippen LogP contribution in [0.4, 0.5) is 0 Å². The van der Waals surface area contributed by atoms with Gasteiger partial charge in [0.1, 0.15) is 0 Å². The summed E-state index contributed by atoms with van der Waals surface area (Å²) in [7, 11) is 19.6. The zero-order valence-electron chi connectivity index (χ0n) is 16.6. The van der Waals surface area contributed by atoms with Gasteiger partial charge in [0.25, 0.3) is 0 Å². The number of hydrogen-bond donors (Lipinski definition) is 0. The zero-order valence-corrected chi connectivity index (χ0v) is 21.4. The van der Waals surface area contributed by atoms with Crippen LogP contribution >= 0.6 is 0 Å². The van der Waals surface area contributed by atoms with Crippen molar-refractivity contribution in [3.8, 4) is 0 Å². The average molecular weight is 504 g/mol. The van der Waals surface area contributed by atoms with Crippen molar-refractivity contribution in [2.75, 3.05) is 83.1 Å². The van der Waals surface area contributed by atoms with Gasteiger partial charge in [-0.15, -0.1) is 0 Å². The second-order valence-corrected chi connectivity index (χ2v) is 7.82. The Bertz CT molecular complexity index is 147. The first-order valence-corrected chi connectivity index (χ1v) is 7.09. The van der Waals surface area contributed by atoms with Crippen LogP contribution in [0.5, 0.6) is 0 Å². The Kier molecular flexibility index (Phi) is 32.1. The van der Waals surface area contributed by atoms with Gasteiger partial charge < -0.3 is 64.4 Å². The zero-order chi connectivity index (χ0) is 15.6. The molecule has 0 amide bonds. The number of halogens is 3. The summed E-state index contributed by atoms with van der Waals surface area (Å²) in [5, 5.41) is 0. The Labute approximate surface area is 167 Å². The number of quaternary nitrogens is 3. The highest BCUT2D eigenvalue weighted by atomic mass is 79.9. The van der Waals surface area contributed by atoms with Crippen LogP contribution in [-0.2, 0) is 0 Å². The lowest BCUT2D eigenvalue weighted by molar-refractivity contribution is -0.868. The van der Waals surface area contributed by atoms with Crippen LogP contribution in [0.15, 0.2) is 0 Å². The highest BCUT2D eigenvalue weighted by Gasteiger charge is 1.98. The minimum absolute atomic E-state index is 0. The van der Waals surface area contributed by atoms with Gasteiger partial charge in [-0.1, -0.05) is 0 Å². The van der Waals surface area contributed by atoms with Gasteiger partial charge >= 0.3 is 0 Å². The Morgan fingerprint density at radius 2 is 0.429 bits per heavy atom. The van der Waals surface area contributed by atoms with Gasteiger partial charge in [-0.3, -0.25) is 0 Å². The molecule has 0 aromatic rings. The molecule has 0 saturated carbocycles. The molecule has 0 rings (SSSR count). The lowest BCUT2D eigenvalue weighted by Gasteiger charge is -2.20. The molecule has 0 aliphatic carbocycles. The van der Waals surface area contributed by atoms with Gasteiger partial charge in [0, 0.05) is 0 Å². The van der Waals surface area contributed by atoms with Crippen molar-refractivity contribution in [3.63, 3.8) is 0 Å². The molecule has 0 unspecified atom stereocenters. The SMILES string of the molecule is CC[N+](C)(C)C.CC[N+](C)(C)C.CC[N+](C)(C)C.[Br-].[Br-].[Br-]. The fourth-order valence-electron chi connectivity index (χ4n) is 0. The van der Waals surface area contributed by atoms with E-state index in [1.165, 1.54) is 19.6 Å². The van der Waals surface area contributed by atoms with E-state index in [2.05, 4.69) is 84.2 Å². The van der Waals surface area contributed by atoms with Gasteiger partial charge in [-0.2, -0.15) is 0 Å². The van der Waals surface area contributed by atoms with E-state index in [-0.39, 0.29) is 50.9 Å². The number of nitrogens with zero attached hydrogens (tertiary/aromatic N) is 3. The summed E-state index contributed by atoms with van der Waals surface area (Å²) in [6.07, 6.45) is 0. The molecule has 21 heavy (non-hydrogen) atoms. The van der Waals surface area contributed by atoms with E-state index in [1.54, 1.807) is 0 Å². The van der Waals surface area contributed by atoms with Crippen molar-refractivity contribution in [3.05, 3.63) is 0 Å². The van der Waals surface area contributed by atoms with Crippen LogP contribution in [0.25, 0.3) is 0 Å². The van der Waals surface area contributed by atoms with Gasteiger partial charge in [0.05, 0.1) is 83.1 Å². The monoisotopic (exact) mass is 501 g/mol. The van der Waals surface area contributed by atoms with Crippen molar-refractivity contribution in [2.24, 2.45) is 0 Å². The van der Waals surface area contributed by atoms with E-state index in [4.69, 9.17) is 0 Å². The van der Waals surface area contributed by atoms with Crippen molar-refractivity contribution in [1.29, 1.82) is 0 Å². The molecule has 138 valence electrons. The molecule has 0 heterocycles. The van der Waals surface area contributed by atoms with E-state index < -0.39 is 0 Å². The Hall–Kier alpha value is 1.32. The summed E-state index contributed by atoms with van der Waals surface area (Å²) < 4.78 is 3.21. The smallest absolute Gasteiger partial charge is 0.0751 e. The molecule has 0 radical (unpaired) electrons. The summed E-state index contributed by atoms with van der Waals surface area (Å²) in [6.45, 7) is 10.2. The van der Waals surface area contributed by atoms with Crippen LogP contribution in [0.3, 0.4) is 0 Å². The molecule has 0 N–H and O–H groups in total. The fraction of sp³-hybridized carbons (Fsp3) is 1.00. The Morgan fingerprint density at radius 1 is 0.381 bits per heavy atom. The molecule has 0 spiro atoms. The second-order valence-electron chi connectivity index (χ2n) is 7.82. The first kappa shape index (κ1) is 38.1. The molecule has 0 aromatic heterocycles. The number of hydrogen-bond acceptors (Lipinski definition) is 0. The molecular formula is C15H42Br3N3. The van der Waals surface area contributed by atoms with Crippen LogP contribution in [0, 0.1) is 0 Å². The van der Waals surface area contributed by atoms with Crippen LogP contribution in [0.2, 0.25) is 0 Å².